The van der Waals surface area contributed by atoms with E-state index in [0.717, 1.165) is 5.46 Å². The van der Waals surface area contributed by atoms with Gasteiger partial charge in [-0.15, -0.1) is 0 Å². The topological polar surface area (TPSA) is 68.3 Å². The Morgan fingerprint density at radius 1 is 1.17 bits per heavy atom. The predicted octanol–water partition coefficient (Wildman–Crippen LogP) is 1.57. The molecule has 0 radical (unpaired) electrons. The highest BCUT2D eigenvalue weighted by atomic mass is 16.7. The van der Waals surface area contributed by atoms with Crippen molar-refractivity contribution in [2.24, 2.45) is 0 Å². The third-order valence-corrected chi connectivity index (χ3v) is 3.84. The van der Waals surface area contributed by atoms with Crippen molar-refractivity contribution >= 4 is 24.5 Å². The van der Waals surface area contributed by atoms with Gasteiger partial charge in [0.2, 0.25) is 0 Å². The van der Waals surface area contributed by atoms with Gasteiger partial charge < -0.3 is 20.5 Å². The number of hydrogen-bond donors (Lipinski definition) is 2. The molecule has 1 fully saturated rings. The van der Waals surface area contributed by atoms with Gasteiger partial charge in [-0.05, 0) is 27.7 Å². The van der Waals surface area contributed by atoms with E-state index in [2.05, 4.69) is 0 Å². The second-order valence-corrected chi connectivity index (χ2v) is 5.58. The second kappa shape index (κ2) is 4.11. The summed E-state index contributed by atoms with van der Waals surface area (Å²) in [5, 5.41) is 7.32. The zero-order valence-electron chi connectivity index (χ0n) is 11.3. The zero-order chi connectivity index (χ0) is 13.6. The van der Waals surface area contributed by atoms with Crippen LogP contribution in [0, 0.1) is 5.41 Å². The van der Waals surface area contributed by atoms with Crippen molar-refractivity contribution in [3.63, 3.8) is 0 Å². The molecule has 0 aliphatic carbocycles. The van der Waals surface area contributed by atoms with Crippen molar-refractivity contribution in [3.8, 4) is 0 Å². The molecule has 96 valence electrons. The van der Waals surface area contributed by atoms with Crippen LogP contribution in [0.1, 0.15) is 33.3 Å². The van der Waals surface area contributed by atoms with Crippen LogP contribution in [-0.4, -0.2) is 24.5 Å². The molecule has 0 aromatic heterocycles. The monoisotopic (exact) mass is 246 g/mol. The largest absolute Gasteiger partial charge is 0.496 e. The fraction of sp³-hybridized carbons (Fsp3) is 0.462. The Kier molecular flexibility index (Phi) is 2.99. The van der Waals surface area contributed by atoms with Crippen LogP contribution in [0.25, 0.3) is 0 Å². The van der Waals surface area contributed by atoms with Crippen LogP contribution < -0.4 is 11.2 Å². The van der Waals surface area contributed by atoms with E-state index in [9.17, 15) is 0 Å². The van der Waals surface area contributed by atoms with E-state index in [-0.39, 0.29) is 11.2 Å². The van der Waals surface area contributed by atoms with Crippen LogP contribution >= 0.6 is 0 Å². The van der Waals surface area contributed by atoms with Gasteiger partial charge in [-0.2, -0.15) is 0 Å². The Morgan fingerprint density at radius 3 is 2.22 bits per heavy atom. The molecule has 0 amide bonds. The fourth-order valence-electron chi connectivity index (χ4n) is 1.90. The van der Waals surface area contributed by atoms with Crippen molar-refractivity contribution < 1.29 is 9.31 Å². The lowest BCUT2D eigenvalue weighted by Gasteiger charge is -2.32. The maximum atomic E-state index is 7.32. The molecule has 1 aromatic carbocycles. The van der Waals surface area contributed by atoms with E-state index in [0.29, 0.717) is 11.3 Å². The number of para-hydroxylation sites is 1. The maximum absolute atomic E-state index is 7.32. The highest BCUT2D eigenvalue weighted by Crippen LogP contribution is 2.36. The van der Waals surface area contributed by atoms with E-state index in [1.165, 1.54) is 6.21 Å². The number of nitrogens with one attached hydrogen (secondary N) is 1. The van der Waals surface area contributed by atoms with Crippen LogP contribution in [0.5, 0.6) is 0 Å². The highest BCUT2D eigenvalue weighted by Gasteiger charge is 2.52. The minimum Gasteiger partial charge on any atom is -0.399 e. The van der Waals surface area contributed by atoms with Crippen molar-refractivity contribution in [1.29, 1.82) is 5.41 Å². The van der Waals surface area contributed by atoms with Gasteiger partial charge in [-0.25, -0.2) is 0 Å². The van der Waals surface area contributed by atoms with Crippen molar-refractivity contribution in [1.82, 2.24) is 0 Å². The number of rotatable bonds is 2. The molecule has 0 unspecified atom stereocenters. The van der Waals surface area contributed by atoms with Gasteiger partial charge in [0, 0.05) is 22.9 Å². The van der Waals surface area contributed by atoms with Gasteiger partial charge in [0.05, 0.1) is 11.2 Å². The normalized spacial score (nSPS) is 21.0. The Labute approximate surface area is 108 Å². The Bertz CT molecular complexity index is 470. The smallest absolute Gasteiger partial charge is 0.399 e. The Hall–Kier alpha value is -1.33. The average molecular weight is 246 g/mol. The summed E-state index contributed by atoms with van der Waals surface area (Å²) in [6.07, 6.45) is 1.24. The summed E-state index contributed by atoms with van der Waals surface area (Å²) in [6, 6.07) is 5.54. The van der Waals surface area contributed by atoms with E-state index >= 15 is 0 Å². The van der Waals surface area contributed by atoms with Gasteiger partial charge in [0.25, 0.3) is 0 Å². The Balaban J connectivity index is 2.38. The molecule has 3 N–H and O–H groups in total. The third kappa shape index (κ3) is 1.93. The molecule has 18 heavy (non-hydrogen) atoms. The van der Waals surface area contributed by atoms with Crippen LogP contribution in [0.4, 0.5) is 5.69 Å². The highest BCUT2D eigenvalue weighted by molar-refractivity contribution is 6.64. The number of anilines is 1. The van der Waals surface area contributed by atoms with Crippen molar-refractivity contribution in [2.45, 2.75) is 38.9 Å². The van der Waals surface area contributed by atoms with Gasteiger partial charge >= 0.3 is 7.12 Å². The number of hydrogen-bond acceptors (Lipinski definition) is 4. The summed E-state index contributed by atoms with van der Waals surface area (Å²) in [6.45, 7) is 8.01. The van der Waals surface area contributed by atoms with Gasteiger partial charge in [0.1, 0.15) is 0 Å². The molecule has 0 spiro atoms. The van der Waals surface area contributed by atoms with Crippen LogP contribution in [0.3, 0.4) is 0 Å². The maximum Gasteiger partial charge on any atom is 0.496 e. The summed E-state index contributed by atoms with van der Waals surface area (Å²) in [5.74, 6) is 0. The van der Waals surface area contributed by atoms with Gasteiger partial charge in [-0.1, -0.05) is 18.2 Å². The molecule has 0 bridgehead atoms. The molecule has 1 aliphatic heterocycles. The van der Waals surface area contributed by atoms with E-state index in [1.807, 2.05) is 39.8 Å². The first-order valence-corrected chi connectivity index (χ1v) is 6.03. The Morgan fingerprint density at radius 2 is 1.72 bits per heavy atom. The second-order valence-electron chi connectivity index (χ2n) is 5.58. The van der Waals surface area contributed by atoms with Crippen molar-refractivity contribution in [2.75, 3.05) is 5.73 Å². The van der Waals surface area contributed by atoms with Crippen molar-refractivity contribution in [3.05, 3.63) is 23.8 Å². The predicted molar refractivity (Wildman–Crippen MR) is 74.5 cm³/mol. The summed E-state index contributed by atoms with van der Waals surface area (Å²) >= 11 is 0. The number of benzene rings is 1. The molecule has 0 saturated carbocycles. The minimum absolute atomic E-state index is 0.384. The van der Waals surface area contributed by atoms with Crippen LogP contribution in [0.2, 0.25) is 0 Å². The molecule has 0 atom stereocenters. The zero-order valence-corrected chi connectivity index (χ0v) is 11.3. The first-order chi connectivity index (χ1) is 8.28. The lowest BCUT2D eigenvalue weighted by atomic mass is 9.77. The molecule has 1 saturated heterocycles. The third-order valence-electron chi connectivity index (χ3n) is 3.84. The van der Waals surface area contributed by atoms with Crippen LogP contribution in [0.15, 0.2) is 18.2 Å². The standard InChI is InChI=1S/C13H19BN2O2/c1-12(2)13(3,4)18-14(17-12)10-7-5-6-9(8-15)11(10)16/h5-8,15H,16H2,1-4H3. The molecule has 1 heterocycles. The van der Waals surface area contributed by atoms with E-state index in [1.54, 1.807) is 6.07 Å². The van der Waals surface area contributed by atoms with E-state index < -0.39 is 7.12 Å². The molecule has 4 nitrogen and oxygen atoms in total. The quantitative estimate of drug-likeness (QED) is 0.472. The average Bonchev–Trinajstić information content (AvgIpc) is 2.48. The molecular weight excluding hydrogens is 227 g/mol. The first kappa shape index (κ1) is 13.1. The SMILES string of the molecule is CC1(C)OB(c2cccc(C=N)c2N)OC1(C)C. The fourth-order valence-corrected chi connectivity index (χ4v) is 1.90. The summed E-state index contributed by atoms with van der Waals surface area (Å²) in [4.78, 5) is 0. The molecule has 2 rings (SSSR count). The molecular formula is C13H19BN2O2. The first-order valence-electron chi connectivity index (χ1n) is 6.03. The number of nitrogens with two attached hydrogens (primary N) is 1. The summed E-state index contributed by atoms with van der Waals surface area (Å²) in [5.41, 5.74) is 7.29. The molecule has 1 aromatic rings. The molecule has 1 aliphatic rings. The summed E-state index contributed by atoms with van der Waals surface area (Å²) < 4.78 is 11.9. The number of nitrogen functional groups attached to an aromatic ring is 1. The lowest BCUT2D eigenvalue weighted by molar-refractivity contribution is 0.00578. The minimum atomic E-state index is -0.477. The lowest BCUT2D eigenvalue weighted by Crippen LogP contribution is -2.41. The molecule has 5 heteroatoms. The van der Waals surface area contributed by atoms with Gasteiger partial charge in [-0.3, -0.25) is 0 Å². The van der Waals surface area contributed by atoms with E-state index in [4.69, 9.17) is 20.5 Å². The van der Waals surface area contributed by atoms with Crippen LogP contribution in [-0.2, 0) is 9.31 Å². The summed E-state index contributed by atoms with van der Waals surface area (Å²) in [7, 11) is -0.477. The van der Waals surface area contributed by atoms with Gasteiger partial charge in [0.15, 0.2) is 0 Å².